The Morgan fingerprint density at radius 3 is 2.17 bits per heavy atom. The highest BCUT2D eigenvalue weighted by Gasteiger charge is 2.50. The molecule has 1 saturated heterocycles. The Bertz CT molecular complexity index is 865. The van der Waals surface area contributed by atoms with Crippen LogP contribution in [0.4, 0.5) is 0 Å². The summed E-state index contributed by atoms with van der Waals surface area (Å²) in [7, 11) is 1.90. The van der Waals surface area contributed by atoms with E-state index in [1.807, 2.05) is 31.0 Å². The first-order valence-corrected chi connectivity index (χ1v) is 10.9. The number of carbonyl (C=O) groups is 1. The largest absolute Gasteiger partial charge is 0.337 e. The van der Waals surface area contributed by atoms with E-state index in [1.165, 1.54) is 11.1 Å². The summed E-state index contributed by atoms with van der Waals surface area (Å²) in [6.45, 7) is 5.62. The quantitative estimate of drug-likeness (QED) is 0.795. The van der Waals surface area contributed by atoms with Crippen LogP contribution in [0.15, 0.2) is 42.5 Å². The lowest BCUT2D eigenvalue weighted by atomic mass is 9.89. The Hall–Kier alpha value is -1.59. The molecule has 1 fully saturated rings. The fraction of sp³-hybridized carbons (Fsp3) is 0.435. The maximum atomic E-state index is 14.0. The minimum Gasteiger partial charge on any atom is -0.337 e. The molecule has 1 amide bonds. The van der Waals surface area contributed by atoms with E-state index in [1.54, 1.807) is 6.07 Å². The maximum absolute atomic E-state index is 14.0. The summed E-state index contributed by atoms with van der Waals surface area (Å²) >= 11 is 12.4. The van der Waals surface area contributed by atoms with Crippen molar-refractivity contribution in [3.8, 4) is 0 Å². The average molecular weight is 432 g/mol. The van der Waals surface area contributed by atoms with E-state index in [0.29, 0.717) is 10.0 Å². The van der Waals surface area contributed by atoms with Gasteiger partial charge in [0.1, 0.15) is 5.54 Å². The monoisotopic (exact) mass is 431 g/mol. The van der Waals surface area contributed by atoms with Crippen molar-refractivity contribution in [2.75, 3.05) is 33.2 Å². The van der Waals surface area contributed by atoms with Crippen molar-refractivity contribution in [3.63, 3.8) is 0 Å². The highest BCUT2D eigenvalue weighted by Crippen LogP contribution is 2.38. The second-order valence-corrected chi connectivity index (χ2v) is 9.06. The molecular weight excluding hydrogens is 405 g/mol. The first-order valence-electron chi connectivity index (χ1n) is 10.2. The van der Waals surface area contributed by atoms with Gasteiger partial charge in [0.2, 0.25) is 5.91 Å². The molecule has 1 aliphatic heterocycles. The molecule has 2 aromatic rings. The number of rotatable bonds is 4. The van der Waals surface area contributed by atoms with E-state index in [-0.39, 0.29) is 11.9 Å². The van der Waals surface area contributed by atoms with Crippen LogP contribution in [0.3, 0.4) is 0 Å². The second-order valence-electron chi connectivity index (χ2n) is 8.19. The number of nitrogens with zero attached hydrogens (tertiary/aromatic N) is 2. The maximum Gasteiger partial charge on any atom is 0.244 e. The van der Waals surface area contributed by atoms with Crippen LogP contribution >= 0.6 is 23.2 Å². The molecule has 1 heterocycles. The number of piperazine rings is 1. The molecule has 1 atom stereocenters. The van der Waals surface area contributed by atoms with Crippen LogP contribution in [-0.2, 0) is 17.6 Å². The van der Waals surface area contributed by atoms with Gasteiger partial charge in [-0.2, -0.15) is 0 Å². The van der Waals surface area contributed by atoms with Gasteiger partial charge in [-0.15, -0.1) is 0 Å². The molecule has 29 heavy (non-hydrogen) atoms. The number of carbonyl (C=O) groups excluding carboxylic acids is 1. The third kappa shape index (κ3) is 3.91. The molecule has 0 aromatic heterocycles. The van der Waals surface area contributed by atoms with E-state index < -0.39 is 5.54 Å². The van der Waals surface area contributed by atoms with E-state index in [2.05, 4.69) is 34.5 Å². The third-order valence-corrected chi connectivity index (χ3v) is 6.91. The normalized spacial score (nSPS) is 19.6. The molecule has 1 aliphatic carbocycles. The Morgan fingerprint density at radius 1 is 1.07 bits per heavy atom. The van der Waals surface area contributed by atoms with Crippen LogP contribution in [0.5, 0.6) is 0 Å². The molecule has 154 valence electrons. The number of halogens is 2. The number of benzene rings is 2. The topological polar surface area (TPSA) is 35.6 Å². The lowest BCUT2D eigenvalue weighted by Crippen LogP contribution is -2.64. The summed E-state index contributed by atoms with van der Waals surface area (Å²) in [5.41, 5.74) is 2.98. The van der Waals surface area contributed by atoms with Gasteiger partial charge in [0.05, 0.1) is 6.04 Å². The number of likely N-dealkylation sites (N-methyl/N-ethyl adjacent to an activating group) is 1. The van der Waals surface area contributed by atoms with Crippen molar-refractivity contribution >= 4 is 29.1 Å². The van der Waals surface area contributed by atoms with Crippen molar-refractivity contribution in [1.82, 2.24) is 15.1 Å². The summed E-state index contributed by atoms with van der Waals surface area (Å²) < 4.78 is 0. The summed E-state index contributed by atoms with van der Waals surface area (Å²) in [4.78, 5) is 18.3. The standard InChI is InChI=1S/C23H27Cl2N3O/c1-16(19-11-20(24)13-21(25)12-19)27(2)22(29)23(28-9-7-26-8-10-28)14-17-5-3-4-6-18(17)15-23/h3-6,11-13,16,26H,7-10,14-15H2,1-2H3/t16-/m1/s1. The van der Waals surface area contributed by atoms with Gasteiger partial charge in [-0.1, -0.05) is 47.5 Å². The van der Waals surface area contributed by atoms with Crippen LogP contribution in [0.2, 0.25) is 10.0 Å². The van der Waals surface area contributed by atoms with E-state index in [9.17, 15) is 4.79 Å². The predicted octanol–water partition coefficient (Wildman–Crippen LogP) is 3.96. The SMILES string of the molecule is C[C@H](c1cc(Cl)cc(Cl)c1)N(C)C(=O)C1(N2CCNCC2)Cc2ccccc2C1. The van der Waals surface area contributed by atoms with E-state index in [4.69, 9.17) is 23.2 Å². The Balaban J connectivity index is 1.66. The fourth-order valence-electron chi connectivity index (χ4n) is 4.74. The molecule has 1 N–H and O–H groups in total. The van der Waals surface area contributed by atoms with Gasteiger partial charge in [-0.25, -0.2) is 0 Å². The van der Waals surface area contributed by atoms with Gasteiger partial charge < -0.3 is 10.2 Å². The molecule has 0 spiro atoms. The summed E-state index contributed by atoms with van der Waals surface area (Å²) in [5.74, 6) is 0.166. The third-order valence-electron chi connectivity index (χ3n) is 6.47. The molecule has 6 heteroatoms. The zero-order valence-electron chi connectivity index (χ0n) is 16.9. The van der Waals surface area contributed by atoms with Gasteiger partial charge >= 0.3 is 0 Å². The van der Waals surface area contributed by atoms with Gasteiger partial charge in [0.25, 0.3) is 0 Å². The lowest BCUT2D eigenvalue weighted by molar-refractivity contribution is -0.145. The smallest absolute Gasteiger partial charge is 0.244 e. The number of fused-ring (bicyclic) bond motifs is 1. The molecule has 0 unspecified atom stereocenters. The molecular formula is C23H27Cl2N3O. The van der Waals surface area contributed by atoms with Crippen molar-refractivity contribution in [1.29, 1.82) is 0 Å². The van der Waals surface area contributed by atoms with E-state index in [0.717, 1.165) is 44.6 Å². The number of hydrogen-bond acceptors (Lipinski definition) is 3. The summed E-state index contributed by atoms with van der Waals surface area (Å²) in [5, 5.41) is 4.59. The van der Waals surface area contributed by atoms with Crippen LogP contribution in [0.1, 0.15) is 29.7 Å². The molecule has 0 saturated carbocycles. The molecule has 0 bridgehead atoms. The average Bonchev–Trinajstić information content (AvgIpc) is 3.13. The second kappa shape index (κ2) is 8.27. The molecule has 4 rings (SSSR count). The first-order chi connectivity index (χ1) is 13.9. The van der Waals surface area contributed by atoms with Gasteiger partial charge in [-0.05, 0) is 41.8 Å². The van der Waals surface area contributed by atoms with Gasteiger partial charge in [-0.3, -0.25) is 9.69 Å². The zero-order valence-corrected chi connectivity index (χ0v) is 18.4. The van der Waals surface area contributed by atoms with Crippen LogP contribution in [0, 0.1) is 0 Å². The van der Waals surface area contributed by atoms with Crippen molar-refractivity contribution in [2.24, 2.45) is 0 Å². The Labute approximate surface area is 182 Å². The predicted molar refractivity (Wildman–Crippen MR) is 119 cm³/mol. The van der Waals surface area contributed by atoms with Gasteiger partial charge in [0.15, 0.2) is 0 Å². The minimum absolute atomic E-state index is 0.123. The Kier molecular flexibility index (Phi) is 5.90. The highest BCUT2D eigenvalue weighted by atomic mass is 35.5. The lowest BCUT2D eigenvalue weighted by Gasteiger charge is -2.45. The minimum atomic E-state index is -0.531. The number of hydrogen-bond donors (Lipinski definition) is 1. The Morgan fingerprint density at radius 2 is 1.62 bits per heavy atom. The number of amides is 1. The highest BCUT2D eigenvalue weighted by molar-refractivity contribution is 6.34. The summed E-state index contributed by atoms with van der Waals surface area (Å²) in [6, 6.07) is 13.8. The molecule has 4 nitrogen and oxygen atoms in total. The van der Waals surface area contributed by atoms with Crippen LogP contribution < -0.4 is 5.32 Å². The van der Waals surface area contributed by atoms with Crippen LogP contribution in [-0.4, -0.2) is 54.5 Å². The fourth-order valence-corrected chi connectivity index (χ4v) is 5.29. The number of nitrogens with one attached hydrogen (secondary N) is 1. The van der Waals surface area contributed by atoms with Crippen LogP contribution in [0.25, 0.3) is 0 Å². The molecule has 2 aliphatic rings. The van der Waals surface area contributed by atoms with Crippen molar-refractivity contribution in [3.05, 3.63) is 69.2 Å². The van der Waals surface area contributed by atoms with E-state index >= 15 is 0 Å². The molecule has 2 aromatic carbocycles. The summed E-state index contributed by atoms with van der Waals surface area (Å²) in [6.07, 6.45) is 1.52. The first kappa shape index (κ1) is 20.7. The molecule has 0 radical (unpaired) electrons. The van der Waals surface area contributed by atoms with Gasteiger partial charge in [0, 0.05) is 56.1 Å². The van der Waals surface area contributed by atoms with Crippen molar-refractivity contribution < 1.29 is 4.79 Å². The van der Waals surface area contributed by atoms with Crippen molar-refractivity contribution in [2.45, 2.75) is 31.3 Å². The zero-order chi connectivity index (χ0) is 20.6.